The quantitative estimate of drug-likeness (QED) is 0.678. The lowest BCUT2D eigenvalue weighted by Crippen LogP contribution is -2.34. The molecule has 1 N–H and O–H groups in total. The van der Waals surface area contributed by atoms with Gasteiger partial charge < -0.3 is 4.90 Å². The van der Waals surface area contributed by atoms with E-state index in [2.05, 4.69) is 9.97 Å². The van der Waals surface area contributed by atoms with Crippen LogP contribution >= 0.6 is 0 Å². The number of aromatic nitrogens is 3. The maximum atomic E-state index is 13.4. The van der Waals surface area contributed by atoms with Crippen LogP contribution in [0, 0.1) is 6.92 Å². The Kier molecular flexibility index (Phi) is 6.20. The number of carbonyl (C=O) groups is 1. The molecule has 0 bridgehead atoms. The lowest BCUT2D eigenvalue weighted by Gasteiger charge is -2.21. The number of hydrogen-bond acceptors (Lipinski definition) is 4. The molecule has 0 spiro atoms. The number of hydrogen-bond donors (Lipinski definition) is 1. The van der Waals surface area contributed by atoms with Gasteiger partial charge in [-0.3, -0.25) is 19.1 Å². The van der Waals surface area contributed by atoms with Crippen LogP contribution in [-0.2, 0) is 13.1 Å². The van der Waals surface area contributed by atoms with Crippen molar-refractivity contribution in [2.75, 3.05) is 7.05 Å². The van der Waals surface area contributed by atoms with E-state index >= 15 is 0 Å². The molecule has 0 aliphatic rings. The molecule has 0 aliphatic heterocycles. The van der Waals surface area contributed by atoms with Gasteiger partial charge in [0.25, 0.3) is 11.5 Å². The molecule has 3 aromatic rings. The molecule has 1 aromatic carbocycles. The van der Waals surface area contributed by atoms with E-state index in [1.54, 1.807) is 18.0 Å². The second-order valence-corrected chi connectivity index (χ2v) is 7.95. The molecule has 2 aromatic heterocycles. The highest BCUT2D eigenvalue weighted by atomic mass is 16.2. The largest absolute Gasteiger partial charge is 0.337 e. The Balaban J connectivity index is 2.20. The summed E-state index contributed by atoms with van der Waals surface area (Å²) < 4.78 is 1.45. The zero-order chi connectivity index (χ0) is 22.0. The molecular formula is C23H28N4O3. The first-order chi connectivity index (χ1) is 14.2. The maximum Gasteiger partial charge on any atom is 0.329 e. The van der Waals surface area contributed by atoms with Crippen molar-refractivity contribution in [1.82, 2.24) is 19.4 Å². The van der Waals surface area contributed by atoms with Crippen LogP contribution in [0.3, 0.4) is 0 Å². The summed E-state index contributed by atoms with van der Waals surface area (Å²) in [6.45, 7) is 8.70. The third kappa shape index (κ3) is 4.06. The molecule has 3 rings (SSSR count). The van der Waals surface area contributed by atoms with Crippen molar-refractivity contribution in [2.45, 2.75) is 53.1 Å². The van der Waals surface area contributed by atoms with E-state index in [9.17, 15) is 14.4 Å². The molecule has 0 aliphatic carbocycles. The second-order valence-electron chi connectivity index (χ2n) is 7.95. The SMILES string of the molecule is CCCn1c(=O)[nH]c(=O)c2c(C(=O)N(C)Cc3ccccc3C)cc(C(C)C)nc21. The lowest BCUT2D eigenvalue weighted by atomic mass is 10.0. The zero-order valence-electron chi connectivity index (χ0n) is 18.2. The Bertz CT molecular complexity index is 1210. The topological polar surface area (TPSA) is 88.1 Å². The summed E-state index contributed by atoms with van der Waals surface area (Å²) >= 11 is 0. The first-order valence-corrected chi connectivity index (χ1v) is 10.2. The van der Waals surface area contributed by atoms with E-state index in [0.29, 0.717) is 25.2 Å². The normalized spacial score (nSPS) is 11.3. The summed E-state index contributed by atoms with van der Waals surface area (Å²) in [7, 11) is 1.71. The minimum absolute atomic E-state index is 0.0343. The molecule has 2 heterocycles. The van der Waals surface area contributed by atoms with Gasteiger partial charge in [-0.05, 0) is 36.5 Å². The van der Waals surface area contributed by atoms with Gasteiger partial charge in [-0.15, -0.1) is 0 Å². The summed E-state index contributed by atoms with van der Waals surface area (Å²) in [6, 6.07) is 9.56. The Labute approximate surface area is 175 Å². The molecule has 158 valence electrons. The van der Waals surface area contributed by atoms with Crippen molar-refractivity contribution in [2.24, 2.45) is 0 Å². The van der Waals surface area contributed by atoms with Crippen LogP contribution in [0.5, 0.6) is 0 Å². The molecule has 0 unspecified atom stereocenters. The van der Waals surface area contributed by atoms with Gasteiger partial charge in [0.05, 0.1) is 10.9 Å². The molecule has 7 nitrogen and oxygen atoms in total. The van der Waals surface area contributed by atoms with E-state index < -0.39 is 11.2 Å². The van der Waals surface area contributed by atoms with Crippen molar-refractivity contribution >= 4 is 16.9 Å². The number of nitrogens with one attached hydrogen (secondary N) is 1. The zero-order valence-corrected chi connectivity index (χ0v) is 18.2. The average molecular weight is 409 g/mol. The fourth-order valence-electron chi connectivity index (χ4n) is 3.51. The summed E-state index contributed by atoms with van der Waals surface area (Å²) in [4.78, 5) is 47.1. The number of aromatic amines is 1. The highest BCUT2D eigenvalue weighted by Crippen LogP contribution is 2.22. The first-order valence-electron chi connectivity index (χ1n) is 10.2. The summed E-state index contributed by atoms with van der Waals surface area (Å²) in [5, 5.41) is 0.161. The molecule has 30 heavy (non-hydrogen) atoms. The van der Waals surface area contributed by atoms with Crippen LogP contribution in [0.25, 0.3) is 11.0 Å². The van der Waals surface area contributed by atoms with Crippen LogP contribution in [0.1, 0.15) is 60.3 Å². The predicted octanol–water partition coefficient (Wildman–Crippen LogP) is 3.20. The highest BCUT2D eigenvalue weighted by molar-refractivity contribution is 6.05. The van der Waals surface area contributed by atoms with E-state index in [1.165, 1.54) is 4.57 Å². The standard InChI is InChI=1S/C23H28N4O3/c1-6-11-27-20-19(21(28)25-23(27)30)17(12-18(24-20)14(2)3)22(29)26(5)13-16-10-8-7-9-15(16)4/h7-10,12,14H,6,11,13H2,1-5H3,(H,25,28,30). The van der Waals surface area contributed by atoms with Gasteiger partial charge in [-0.2, -0.15) is 0 Å². The van der Waals surface area contributed by atoms with Gasteiger partial charge >= 0.3 is 5.69 Å². The summed E-state index contributed by atoms with van der Waals surface area (Å²) in [6.07, 6.45) is 0.700. The molecule has 0 atom stereocenters. The molecule has 1 amide bonds. The predicted molar refractivity (Wildman–Crippen MR) is 118 cm³/mol. The van der Waals surface area contributed by atoms with Gasteiger partial charge in [0.15, 0.2) is 5.65 Å². The number of nitrogens with zero attached hydrogens (tertiary/aromatic N) is 3. The number of amides is 1. The van der Waals surface area contributed by atoms with Crippen molar-refractivity contribution < 1.29 is 4.79 Å². The van der Waals surface area contributed by atoms with Gasteiger partial charge in [0, 0.05) is 25.8 Å². The van der Waals surface area contributed by atoms with Crippen LogP contribution in [0.4, 0.5) is 0 Å². The third-order valence-electron chi connectivity index (χ3n) is 5.25. The fourth-order valence-corrected chi connectivity index (χ4v) is 3.51. The van der Waals surface area contributed by atoms with Crippen molar-refractivity contribution in [3.8, 4) is 0 Å². The number of rotatable bonds is 6. The fraction of sp³-hybridized carbons (Fsp3) is 0.391. The number of fused-ring (bicyclic) bond motifs is 1. The number of carbonyl (C=O) groups excluding carboxylic acids is 1. The molecular weight excluding hydrogens is 380 g/mol. The van der Waals surface area contributed by atoms with Gasteiger partial charge in [-0.25, -0.2) is 9.78 Å². The Morgan fingerprint density at radius 1 is 1.23 bits per heavy atom. The molecule has 0 saturated carbocycles. The van der Waals surface area contributed by atoms with Crippen molar-refractivity contribution in [3.05, 3.63) is 73.6 Å². The molecule has 0 saturated heterocycles. The van der Waals surface area contributed by atoms with E-state index in [1.807, 2.05) is 52.0 Å². The van der Waals surface area contributed by atoms with Gasteiger partial charge in [0.1, 0.15) is 0 Å². The maximum absolute atomic E-state index is 13.4. The number of aryl methyl sites for hydroxylation is 2. The Hall–Kier alpha value is -3.22. The van der Waals surface area contributed by atoms with Crippen molar-refractivity contribution in [1.29, 1.82) is 0 Å². The van der Waals surface area contributed by atoms with Crippen LogP contribution in [0.15, 0.2) is 39.9 Å². The van der Waals surface area contributed by atoms with Crippen LogP contribution in [-0.4, -0.2) is 32.4 Å². The van der Waals surface area contributed by atoms with Gasteiger partial charge in [0.2, 0.25) is 0 Å². The number of pyridine rings is 1. The highest BCUT2D eigenvalue weighted by Gasteiger charge is 2.22. The average Bonchev–Trinajstić information content (AvgIpc) is 2.71. The van der Waals surface area contributed by atoms with E-state index in [0.717, 1.165) is 11.1 Å². The smallest absolute Gasteiger partial charge is 0.329 e. The van der Waals surface area contributed by atoms with E-state index in [-0.39, 0.29) is 28.4 Å². The minimum Gasteiger partial charge on any atom is -0.337 e. The third-order valence-corrected chi connectivity index (χ3v) is 5.25. The first kappa shape index (κ1) is 21.5. The minimum atomic E-state index is -0.585. The van der Waals surface area contributed by atoms with Crippen LogP contribution < -0.4 is 11.2 Å². The van der Waals surface area contributed by atoms with E-state index in [4.69, 9.17) is 0 Å². The summed E-state index contributed by atoms with van der Waals surface area (Å²) in [5.74, 6) is -0.244. The van der Waals surface area contributed by atoms with Crippen molar-refractivity contribution in [3.63, 3.8) is 0 Å². The molecule has 0 fully saturated rings. The van der Waals surface area contributed by atoms with Gasteiger partial charge in [-0.1, -0.05) is 45.0 Å². The van der Waals surface area contributed by atoms with Crippen LogP contribution in [0.2, 0.25) is 0 Å². The second kappa shape index (κ2) is 8.65. The summed E-state index contributed by atoms with van der Waals surface area (Å²) in [5.41, 5.74) is 2.24. The number of H-pyrrole nitrogens is 1. The molecule has 0 radical (unpaired) electrons. The number of benzene rings is 1. The molecule has 7 heteroatoms. The Morgan fingerprint density at radius 2 is 1.93 bits per heavy atom. The Morgan fingerprint density at radius 3 is 2.57 bits per heavy atom. The lowest BCUT2D eigenvalue weighted by molar-refractivity contribution is 0.0786. The monoisotopic (exact) mass is 408 g/mol.